The van der Waals surface area contributed by atoms with Crippen LogP contribution in [0.3, 0.4) is 0 Å². The topological polar surface area (TPSA) is 103 Å². The number of carbonyl (C=O) groups excluding carboxylic acids is 2. The molecule has 2 aliphatic rings. The van der Waals surface area contributed by atoms with Gasteiger partial charge in [0.15, 0.2) is 5.16 Å². The van der Waals surface area contributed by atoms with Crippen molar-refractivity contribution >= 4 is 23.6 Å². The number of hydrogen-bond acceptors (Lipinski definition) is 6. The van der Waals surface area contributed by atoms with Crippen molar-refractivity contribution in [3.63, 3.8) is 0 Å². The Kier molecular flexibility index (Phi) is 6.90. The van der Waals surface area contributed by atoms with E-state index >= 15 is 0 Å². The van der Waals surface area contributed by atoms with Gasteiger partial charge >= 0.3 is 0 Å². The van der Waals surface area contributed by atoms with Gasteiger partial charge in [-0.1, -0.05) is 11.8 Å². The summed E-state index contributed by atoms with van der Waals surface area (Å²) in [5, 5.41) is 9.19. The zero-order valence-corrected chi connectivity index (χ0v) is 15.9. The molecule has 2 N–H and O–H groups in total. The lowest BCUT2D eigenvalue weighted by Crippen LogP contribution is -2.36. The minimum Gasteiger partial charge on any atom is -0.376 e. The van der Waals surface area contributed by atoms with Crippen LogP contribution in [0.2, 0.25) is 0 Å². The first-order valence-corrected chi connectivity index (χ1v) is 10.3. The third-order valence-electron chi connectivity index (χ3n) is 4.83. The monoisotopic (exact) mass is 381 g/mol. The van der Waals surface area contributed by atoms with E-state index in [1.807, 2.05) is 9.47 Å². The molecule has 1 aromatic heterocycles. The molecule has 3 heterocycles. The summed E-state index contributed by atoms with van der Waals surface area (Å²) in [4.78, 5) is 25.5. The van der Waals surface area contributed by atoms with Crippen molar-refractivity contribution in [2.45, 2.75) is 62.8 Å². The highest BCUT2D eigenvalue weighted by molar-refractivity contribution is 7.99. The van der Waals surface area contributed by atoms with Gasteiger partial charge in [0.25, 0.3) is 0 Å². The van der Waals surface area contributed by atoms with E-state index in [2.05, 4.69) is 10.2 Å². The predicted molar refractivity (Wildman–Crippen MR) is 97.7 cm³/mol. The van der Waals surface area contributed by atoms with Crippen LogP contribution in [0.1, 0.15) is 44.3 Å². The minimum atomic E-state index is -0.355. The molecule has 1 unspecified atom stereocenters. The second-order valence-electron chi connectivity index (χ2n) is 6.84. The largest absolute Gasteiger partial charge is 0.376 e. The Bertz CT molecular complexity index is 624. The number of rotatable bonds is 8. The van der Waals surface area contributed by atoms with Gasteiger partial charge in [-0.2, -0.15) is 0 Å². The molecule has 2 aliphatic heterocycles. The van der Waals surface area contributed by atoms with E-state index in [9.17, 15) is 9.59 Å². The van der Waals surface area contributed by atoms with E-state index in [4.69, 9.17) is 10.5 Å². The molecule has 0 saturated carbocycles. The molecule has 144 valence electrons. The maximum Gasteiger partial charge on any atom is 0.233 e. The second kappa shape index (κ2) is 9.36. The van der Waals surface area contributed by atoms with Gasteiger partial charge < -0.3 is 19.9 Å². The van der Waals surface area contributed by atoms with Gasteiger partial charge in [0, 0.05) is 32.5 Å². The van der Waals surface area contributed by atoms with Crippen LogP contribution < -0.4 is 5.73 Å². The van der Waals surface area contributed by atoms with E-state index in [-0.39, 0.29) is 24.3 Å². The maximum absolute atomic E-state index is 12.4. The number of nitrogens with two attached hydrogens (primary N) is 1. The van der Waals surface area contributed by atoms with Crippen LogP contribution in [0.15, 0.2) is 5.16 Å². The van der Waals surface area contributed by atoms with Gasteiger partial charge in [-0.15, -0.1) is 10.2 Å². The fraction of sp³-hybridized carbons (Fsp3) is 0.765. The number of primary amides is 1. The molecule has 1 atom stereocenters. The van der Waals surface area contributed by atoms with Gasteiger partial charge in [0.1, 0.15) is 5.82 Å². The zero-order valence-electron chi connectivity index (χ0n) is 15.1. The Morgan fingerprint density at radius 1 is 1.19 bits per heavy atom. The number of aromatic nitrogens is 3. The van der Waals surface area contributed by atoms with Crippen molar-refractivity contribution in [3.8, 4) is 0 Å². The maximum atomic E-state index is 12.4. The quantitative estimate of drug-likeness (QED) is 0.673. The van der Waals surface area contributed by atoms with E-state index < -0.39 is 0 Å². The van der Waals surface area contributed by atoms with Crippen molar-refractivity contribution < 1.29 is 14.3 Å². The summed E-state index contributed by atoms with van der Waals surface area (Å²) in [5.41, 5.74) is 5.27. The van der Waals surface area contributed by atoms with Crippen molar-refractivity contribution in [3.05, 3.63) is 5.82 Å². The zero-order chi connectivity index (χ0) is 18.4. The lowest BCUT2D eigenvalue weighted by Gasteiger charge is -2.26. The molecular formula is C17H27N5O3S. The first kappa shape index (κ1) is 19.2. The molecule has 2 amide bonds. The van der Waals surface area contributed by atoms with Crippen LogP contribution >= 0.6 is 11.8 Å². The van der Waals surface area contributed by atoms with Crippen LogP contribution in [0.25, 0.3) is 0 Å². The molecule has 9 heteroatoms. The Hall–Kier alpha value is -1.61. The molecule has 2 fully saturated rings. The molecule has 0 aliphatic carbocycles. The third-order valence-corrected chi connectivity index (χ3v) is 5.78. The van der Waals surface area contributed by atoms with Crippen LogP contribution in [-0.2, 0) is 27.3 Å². The molecule has 0 radical (unpaired) electrons. The Morgan fingerprint density at radius 3 is 2.69 bits per heavy atom. The summed E-state index contributed by atoms with van der Waals surface area (Å²) in [5.74, 6) is 0.887. The van der Waals surface area contributed by atoms with E-state index in [1.165, 1.54) is 18.2 Å². The first-order valence-electron chi connectivity index (χ1n) is 9.36. The summed E-state index contributed by atoms with van der Waals surface area (Å²) in [6.45, 7) is 3.14. The highest BCUT2D eigenvalue weighted by atomic mass is 32.2. The van der Waals surface area contributed by atoms with Crippen LogP contribution in [0.4, 0.5) is 0 Å². The molecule has 1 aromatic rings. The van der Waals surface area contributed by atoms with E-state index in [0.717, 1.165) is 51.2 Å². The lowest BCUT2D eigenvalue weighted by molar-refractivity contribution is -0.129. The van der Waals surface area contributed by atoms with Crippen molar-refractivity contribution in [2.24, 2.45) is 5.73 Å². The van der Waals surface area contributed by atoms with E-state index in [1.54, 1.807) is 0 Å². The summed E-state index contributed by atoms with van der Waals surface area (Å²) < 4.78 is 7.72. The fourth-order valence-electron chi connectivity index (χ4n) is 3.38. The number of carbonyl (C=O) groups is 2. The number of likely N-dealkylation sites (tertiary alicyclic amines) is 1. The van der Waals surface area contributed by atoms with Crippen molar-refractivity contribution in [1.29, 1.82) is 0 Å². The Morgan fingerprint density at radius 2 is 2.00 bits per heavy atom. The smallest absolute Gasteiger partial charge is 0.233 e. The van der Waals surface area contributed by atoms with Gasteiger partial charge in [-0.25, -0.2) is 0 Å². The number of ether oxygens (including phenoxy) is 1. The van der Waals surface area contributed by atoms with Gasteiger partial charge in [0.05, 0.1) is 18.4 Å². The average Bonchev–Trinajstić information content (AvgIpc) is 3.29. The summed E-state index contributed by atoms with van der Waals surface area (Å²) in [7, 11) is 0. The highest BCUT2D eigenvalue weighted by Crippen LogP contribution is 2.23. The molecular weight excluding hydrogens is 354 g/mol. The second-order valence-corrected chi connectivity index (χ2v) is 7.78. The van der Waals surface area contributed by atoms with Crippen LogP contribution in [-0.4, -0.2) is 63.0 Å². The molecule has 2 saturated heterocycles. The van der Waals surface area contributed by atoms with Crippen molar-refractivity contribution in [2.75, 3.05) is 25.4 Å². The summed E-state index contributed by atoms with van der Waals surface area (Å²) in [6, 6.07) is 0. The lowest BCUT2D eigenvalue weighted by atomic mass is 10.1. The number of hydrogen-bond donors (Lipinski definition) is 1. The number of amides is 2. The highest BCUT2D eigenvalue weighted by Gasteiger charge is 2.23. The molecule has 0 bridgehead atoms. The molecule has 3 rings (SSSR count). The standard InChI is InChI=1S/C17H27N5O3S/c18-14(23)6-7-15-19-20-17(22(15)11-13-5-4-10-25-13)26-12-16(24)21-8-2-1-3-9-21/h13H,1-12H2,(H2,18,23). The van der Waals surface area contributed by atoms with Crippen molar-refractivity contribution in [1.82, 2.24) is 19.7 Å². The number of piperidine rings is 1. The number of aryl methyl sites for hydroxylation is 1. The number of thioether (sulfide) groups is 1. The SMILES string of the molecule is NC(=O)CCc1nnc(SCC(=O)N2CCCCC2)n1CC1CCCO1. The van der Waals surface area contributed by atoms with Gasteiger partial charge in [-0.05, 0) is 32.1 Å². The fourth-order valence-corrected chi connectivity index (χ4v) is 4.25. The Balaban J connectivity index is 1.64. The third kappa shape index (κ3) is 5.20. The van der Waals surface area contributed by atoms with Crippen LogP contribution in [0, 0.1) is 0 Å². The molecule has 0 spiro atoms. The van der Waals surface area contributed by atoms with E-state index in [0.29, 0.717) is 23.9 Å². The van der Waals surface area contributed by atoms with Gasteiger partial charge in [-0.3, -0.25) is 9.59 Å². The van der Waals surface area contributed by atoms with Gasteiger partial charge in [0.2, 0.25) is 11.8 Å². The predicted octanol–water partition coefficient (Wildman–Crippen LogP) is 0.980. The van der Waals surface area contributed by atoms with Crippen LogP contribution in [0.5, 0.6) is 0 Å². The number of nitrogens with zero attached hydrogens (tertiary/aromatic N) is 4. The summed E-state index contributed by atoms with van der Waals surface area (Å²) >= 11 is 1.41. The normalized spacial score (nSPS) is 20.5. The molecule has 0 aromatic carbocycles. The minimum absolute atomic E-state index is 0.135. The summed E-state index contributed by atoms with van der Waals surface area (Å²) in [6.07, 6.45) is 6.26. The molecule has 26 heavy (non-hydrogen) atoms. The Labute approximate surface area is 157 Å². The first-order chi connectivity index (χ1) is 12.6. The molecule has 8 nitrogen and oxygen atoms in total. The average molecular weight is 382 g/mol.